The van der Waals surface area contributed by atoms with E-state index in [-0.39, 0.29) is 11.2 Å². The Balaban J connectivity index is 1.35. The molecule has 1 saturated carbocycles. The molecule has 1 saturated heterocycles. The number of nitrogens with zero attached hydrogens (tertiary/aromatic N) is 4. The highest BCUT2D eigenvalue weighted by Crippen LogP contribution is 2.40. The summed E-state index contributed by atoms with van der Waals surface area (Å²) in [5, 5.41) is 1.15. The molecule has 0 unspecified atom stereocenters. The zero-order valence-electron chi connectivity index (χ0n) is 21.0. The van der Waals surface area contributed by atoms with Crippen molar-refractivity contribution in [3.8, 4) is 11.1 Å². The van der Waals surface area contributed by atoms with Crippen molar-refractivity contribution in [2.24, 2.45) is 11.8 Å². The second-order valence-corrected chi connectivity index (χ2v) is 14.5. The lowest BCUT2D eigenvalue weighted by molar-refractivity contribution is 0.165. The summed E-state index contributed by atoms with van der Waals surface area (Å²) in [6.45, 7) is 1.13. The van der Waals surface area contributed by atoms with Gasteiger partial charge < -0.3 is 4.98 Å². The van der Waals surface area contributed by atoms with Crippen molar-refractivity contribution >= 4 is 48.5 Å². The monoisotopic (exact) mass is 565 g/mol. The van der Waals surface area contributed by atoms with E-state index < -0.39 is 20.0 Å². The van der Waals surface area contributed by atoms with Crippen LogP contribution >= 0.6 is 11.6 Å². The molecule has 5 rings (SSSR count). The molecule has 0 atom stereocenters. The lowest BCUT2D eigenvalue weighted by Crippen LogP contribution is -2.44. The summed E-state index contributed by atoms with van der Waals surface area (Å²) >= 11 is 6.41. The van der Waals surface area contributed by atoms with Crippen LogP contribution in [0.4, 0.5) is 5.82 Å². The normalized spacial score (nSPS) is 22.4. The summed E-state index contributed by atoms with van der Waals surface area (Å²) in [6.07, 6.45) is 11.0. The zero-order chi connectivity index (χ0) is 26.4. The lowest BCUT2D eigenvalue weighted by Gasteiger charge is -2.41. The van der Waals surface area contributed by atoms with Crippen LogP contribution in [0, 0.1) is 11.8 Å². The van der Waals surface area contributed by atoms with Crippen molar-refractivity contribution in [2.75, 3.05) is 29.9 Å². The number of pyridine rings is 2. The zero-order valence-corrected chi connectivity index (χ0v) is 23.4. The number of H-pyrrole nitrogens is 1. The number of anilines is 1. The summed E-state index contributed by atoms with van der Waals surface area (Å²) in [4.78, 5) is 11.9. The minimum absolute atomic E-state index is 0.203. The first-order valence-electron chi connectivity index (χ1n) is 12.6. The molecule has 0 aromatic carbocycles. The van der Waals surface area contributed by atoms with Gasteiger partial charge in [0.1, 0.15) is 16.6 Å². The highest BCUT2D eigenvalue weighted by atomic mass is 35.5. The van der Waals surface area contributed by atoms with Gasteiger partial charge in [-0.05, 0) is 80.2 Å². The Morgan fingerprint density at radius 2 is 1.68 bits per heavy atom. The second kappa shape index (κ2) is 10.2. The number of piperidine rings is 1. The number of aromatic nitrogens is 3. The molecular formula is C25H32ClN5O4S2. The highest BCUT2D eigenvalue weighted by Gasteiger charge is 2.36. The summed E-state index contributed by atoms with van der Waals surface area (Å²) in [5.74, 6) is 1.27. The summed E-state index contributed by atoms with van der Waals surface area (Å²) in [7, 11) is -6.76. The average Bonchev–Trinajstić information content (AvgIpc) is 3.27. The molecular weight excluding hydrogens is 534 g/mol. The van der Waals surface area contributed by atoms with Crippen molar-refractivity contribution in [2.45, 2.75) is 44.6 Å². The number of nitrogens with one attached hydrogen (secondary N) is 1. The van der Waals surface area contributed by atoms with Crippen LogP contribution < -0.4 is 4.31 Å². The number of sulfonamides is 2. The molecule has 3 aromatic rings. The van der Waals surface area contributed by atoms with Crippen LogP contribution in [0.3, 0.4) is 0 Å². The molecule has 0 spiro atoms. The maximum Gasteiger partial charge on any atom is 0.233 e. The summed E-state index contributed by atoms with van der Waals surface area (Å²) in [5.41, 5.74) is 2.40. The lowest BCUT2D eigenvalue weighted by atomic mass is 9.75. The fourth-order valence-electron chi connectivity index (χ4n) is 6.06. The van der Waals surface area contributed by atoms with Crippen LogP contribution in [-0.4, -0.2) is 67.7 Å². The van der Waals surface area contributed by atoms with Crippen molar-refractivity contribution in [3.63, 3.8) is 0 Å². The summed E-state index contributed by atoms with van der Waals surface area (Å²) in [6, 6.07) is 7.13. The third-order valence-corrected chi connectivity index (χ3v) is 10.5. The van der Waals surface area contributed by atoms with Gasteiger partial charge >= 0.3 is 0 Å². The topological polar surface area (TPSA) is 116 Å². The van der Waals surface area contributed by atoms with Gasteiger partial charge in [0.05, 0.1) is 12.5 Å². The molecule has 1 N–H and O–H groups in total. The predicted molar refractivity (Wildman–Crippen MR) is 147 cm³/mol. The van der Waals surface area contributed by atoms with Crippen LogP contribution in [0.2, 0.25) is 5.15 Å². The Kier molecular flexibility index (Phi) is 7.25. The van der Waals surface area contributed by atoms with Crippen molar-refractivity contribution in [3.05, 3.63) is 41.8 Å². The molecule has 200 valence electrons. The first-order chi connectivity index (χ1) is 17.5. The molecule has 1 aliphatic carbocycles. The fraction of sp³-hybridized carbons (Fsp3) is 0.520. The Labute approximate surface area is 223 Å². The van der Waals surface area contributed by atoms with Gasteiger partial charge in [0.25, 0.3) is 0 Å². The smallest absolute Gasteiger partial charge is 0.233 e. The van der Waals surface area contributed by atoms with E-state index in [1.807, 2.05) is 18.3 Å². The van der Waals surface area contributed by atoms with Gasteiger partial charge in [0, 0.05) is 42.5 Å². The van der Waals surface area contributed by atoms with Gasteiger partial charge in [0.2, 0.25) is 20.0 Å². The Hall–Kier alpha value is -2.21. The van der Waals surface area contributed by atoms with Gasteiger partial charge in [-0.25, -0.2) is 31.1 Å². The molecule has 4 heterocycles. The Bertz CT molecular complexity index is 1490. The van der Waals surface area contributed by atoms with Gasteiger partial charge in [0.15, 0.2) is 0 Å². The second-order valence-electron chi connectivity index (χ2n) is 10.3. The van der Waals surface area contributed by atoms with Crippen molar-refractivity contribution < 1.29 is 16.8 Å². The van der Waals surface area contributed by atoms with Gasteiger partial charge in [-0.15, -0.1) is 0 Å². The molecule has 9 nitrogen and oxygen atoms in total. The number of aromatic amines is 1. The number of halogens is 1. The molecule has 2 aliphatic rings. The van der Waals surface area contributed by atoms with E-state index in [2.05, 4.69) is 15.0 Å². The average molecular weight is 566 g/mol. The van der Waals surface area contributed by atoms with Gasteiger partial charge in [-0.3, -0.25) is 4.31 Å². The van der Waals surface area contributed by atoms with E-state index in [9.17, 15) is 16.8 Å². The minimum Gasteiger partial charge on any atom is -0.346 e. The number of hydrogen-bond donors (Lipinski definition) is 1. The molecule has 0 amide bonds. The van der Waals surface area contributed by atoms with Crippen LogP contribution in [0.25, 0.3) is 22.2 Å². The molecule has 3 aromatic heterocycles. The summed E-state index contributed by atoms with van der Waals surface area (Å²) < 4.78 is 52.8. The number of fused-ring (bicyclic) bond motifs is 1. The largest absolute Gasteiger partial charge is 0.346 e. The van der Waals surface area contributed by atoms with E-state index in [0.29, 0.717) is 30.7 Å². The van der Waals surface area contributed by atoms with E-state index in [1.54, 1.807) is 22.6 Å². The molecule has 1 aliphatic heterocycles. The standard InChI is InChI=1S/C25H32ClN5O4S2/c1-36(32,33)30-12-9-18(10-13-30)17-5-7-20(8-6-17)31(37(2,34)35)24-15-19(14-23(26)29-24)22-16-28-25-21(22)4-3-11-27-25/h3-4,11,14-18,20H,5-10,12-13H2,1-2H3,(H,27,28). The van der Waals surface area contributed by atoms with Crippen LogP contribution in [-0.2, 0) is 20.0 Å². The van der Waals surface area contributed by atoms with E-state index in [0.717, 1.165) is 60.7 Å². The quantitative estimate of drug-likeness (QED) is 0.446. The van der Waals surface area contributed by atoms with Gasteiger partial charge in [-0.2, -0.15) is 0 Å². The van der Waals surface area contributed by atoms with Crippen LogP contribution in [0.15, 0.2) is 36.7 Å². The first-order valence-corrected chi connectivity index (χ1v) is 16.6. The van der Waals surface area contributed by atoms with Crippen molar-refractivity contribution in [1.82, 2.24) is 19.3 Å². The minimum atomic E-state index is -3.61. The predicted octanol–water partition coefficient (Wildman–Crippen LogP) is 4.27. The molecule has 0 bridgehead atoms. The molecule has 12 heteroatoms. The maximum atomic E-state index is 13.0. The molecule has 0 radical (unpaired) electrons. The Morgan fingerprint density at radius 3 is 2.32 bits per heavy atom. The first kappa shape index (κ1) is 26.4. The number of rotatable bonds is 6. The fourth-order valence-corrected chi connectivity index (χ4v) is 8.32. The SMILES string of the molecule is CS(=O)(=O)N1CCC(C2CCC(N(c3cc(-c4c[nH]c5ncccc45)cc(Cl)n3)S(C)(=O)=O)CC2)CC1. The van der Waals surface area contributed by atoms with E-state index in [4.69, 9.17) is 11.6 Å². The van der Waals surface area contributed by atoms with Gasteiger partial charge in [-0.1, -0.05) is 11.6 Å². The molecule has 2 fully saturated rings. The number of hydrogen-bond acceptors (Lipinski definition) is 6. The molecule has 37 heavy (non-hydrogen) atoms. The van der Waals surface area contributed by atoms with Crippen LogP contribution in [0.5, 0.6) is 0 Å². The van der Waals surface area contributed by atoms with E-state index >= 15 is 0 Å². The Morgan fingerprint density at radius 1 is 1.00 bits per heavy atom. The third-order valence-electron chi connectivity index (χ3n) is 7.83. The maximum absolute atomic E-state index is 13.0. The van der Waals surface area contributed by atoms with Crippen LogP contribution in [0.1, 0.15) is 38.5 Å². The van der Waals surface area contributed by atoms with Crippen molar-refractivity contribution in [1.29, 1.82) is 0 Å². The van der Waals surface area contributed by atoms with E-state index in [1.165, 1.54) is 16.8 Å². The third kappa shape index (κ3) is 5.64. The highest BCUT2D eigenvalue weighted by molar-refractivity contribution is 7.92.